The quantitative estimate of drug-likeness (QED) is 0.256. The van der Waals surface area contributed by atoms with E-state index >= 15 is 0 Å². The standard InChI is InChI=1S/C29H22FN3O4S/c1-2-6-23-31-32-29(38-23)33-25(18-9-12-20(13-10-18)36-16-17-7-4-3-5-8-17)24-26(34)21-15-19(30)11-14-22(21)37-27(24)28(33)35/h3-5,7-15,25H,2,6,16H2,1H3. The van der Waals surface area contributed by atoms with Gasteiger partial charge in [0.25, 0.3) is 5.91 Å². The van der Waals surface area contributed by atoms with Gasteiger partial charge in [0.15, 0.2) is 5.43 Å². The first-order valence-corrected chi connectivity index (χ1v) is 13.0. The Balaban J connectivity index is 1.43. The molecule has 0 aliphatic carbocycles. The number of ether oxygens (including phenoxy) is 1. The van der Waals surface area contributed by atoms with E-state index in [0.717, 1.165) is 29.5 Å². The van der Waals surface area contributed by atoms with Crippen molar-refractivity contribution >= 4 is 33.3 Å². The average Bonchev–Trinajstić information content (AvgIpc) is 3.51. The van der Waals surface area contributed by atoms with Gasteiger partial charge in [-0.3, -0.25) is 14.5 Å². The number of hydrogen-bond acceptors (Lipinski definition) is 7. The number of amides is 1. The number of aryl methyl sites for hydroxylation is 1. The van der Waals surface area contributed by atoms with Gasteiger partial charge in [0.05, 0.1) is 17.0 Å². The summed E-state index contributed by atoms with van der Waals surface area (Å²) in [6.45, 7) is 2.44. The summed E-state index contributed by atoms with van der Waals surface area (Å²) >= 11 is 1.30. The molecule has 190 valence electrons. The lowest BCUT2D eigenvalue weighted by Crippen LogP contribution is -2.29. The molecule has 1 atom stereocenters. The molecule has 5 aromatic rings. The van der Waals surface area contributed by atoms with Crippen molar-refractivity contribution in [2.75, 3.05) is 4.90 Å². The van der Waals surface area contributed by atoms with Crippen LogP contribution in [0.3, 0.4) is 0 Å². The molecular formula is C29H22FN3O4S. The molecule has 0 saturated carbocycles. The van der Waals surface area contributed by atoms with Crippen LogP contribution in [-0.2, 0) is 13.0 Å². The summed E-state index contributed by atoms with van der Waals surface area (Å²) in [6, 6.07) is 19.9. The summed E-state index contributed by atoms with van der Waals surface area (Å²) < 4.78 is 25.8. The molecule has 2 aromatic heterocycles. The summed E-state index contributed by atoms with van der Waals surface area (Å²) in [4.78, 5) is 28.8. The van der Waals surface area contributed by atoms with Crippen LogP contribution in [0.15, 0.2) is 82.0 Å². The molecular weight excluding hydrogens is 505 g/mol. The first-order valence-electron chi connectivity index (χ1n) is 12.2. The first-order chi connectivity index (χ1) is 18.5. The molecule has 1 aliphatic heterocycles. The lowest BCUT2D eigenvalue weighted by Gasteiger charge is -2.22. The number of nitrogens with zero attached hydrogens (tertiary/aromatic N) is 3. The fourth-order valence-electron chi connectivity index (χ4n) is 4.60. The number of carbonyl (C=O) groups is 1. The number of hydrogen-bond donors (Lipinski definition) is 0. The predicted molar refractivity (Wildman–Crippen MR) is 142 cm³/mol. The molecule has 1 amide bonds. The van der Waals surface area contributed by atoms with Crippen molar-refractivity contribution < 1.29 is 18.3 Å². The van der Waals surface area contributed by atoms with Crippen molar-refractivity contribution in [2.45, 2.75) is 32.4 Å². The molecule has 0 saturated heterocycles. The van der Waals surface area contributed by atoms with Crippen LogP contribution >= 0.6 is 11.3 Å². The molecule has 1 unspecified atom stereocenters. The van der Waals surface area contributed by atoms with Crippen molar-refractivity contribution in [3.05, 3.63) is 116 Å². The predicted octanol–water partition coefficient (Wildman–Crippen LogP) is 6.06. The summed E-state index contributed by atoms with van der Waals surface area (Å²) in [7, 11) is 0. The maximum Gasteiger partial charge on any atom is 0.297 e. The Bertz CT molecular complexity index is 1700. The number of benzene rings is 3. The lowest BCUT2D eigenvalue weighted by molar-refractivity contribution is 0.0970. The van der Waals surface area contributed by atoms with E-state index in [2.05, 4.69) is 10.2 Å². The summed E-state index contributed by atoms with van der Waals surface area (Å²) in [5, 5.41) is 9.73. The van der Waals surface area contributed by atoms with Crippen molar-refractivity contribution in [3.63, 3.8) is 0 Å². The Hall–Kier alpha value is -4.37. The lowest BCUT2D eigenvalue weighted by atomic mass is 9.98. The van der Waals surface area contributed by atoms with Gasteiger partial charge >= 0.3 is 0 Å². The molecule has 7 nitrogen and oxygen atoms in total. The highest BCUT2D eigenvalue weighted by Gasteiger charge is 2.45. The summed E-state index contributed by atoms with van der Waals surface area (Å²) in [6.07, 6.45) is 1.61. The Morgan fingerprint density at radius 3 is 2.58 bits per heavy atom. The largest absolute Gasteiger partial charge is 0.489 e. The molecule has 9 heteroatoms. The maximum atomic E-state index is 14.0. The molecule has 0 bridgehead atoms. The van der Waals surface area contributed by atoms with E-state index in [4.69, 9.17) is 9.15 Å². The average molecular weight is 528 g/mol. The van der Waals surface area contributed by atoms with Gasteiger partial charge < -0.3 is 9.15 Å². The molecule has 0 N–H and O–H groups in total. The molecule has 38 heavy (non-hydrogen) atoms. The number of rotatable bonds is 7. The van der Waals surface area contributed by atoms with E-state index < -0.39 is 23.2 Å². The fourth-order valence-corrected chi connectivity index (χ4v) is 5.57. The van der Waals surface area contributed by atoms with Gasteiger partial charge in [-0.1, -0.05) is 60.7 Å². The summed E-state index contributed by atoms with van der Waals surface area (Å²) in [5.74, 6) is -0.481. The van der Waals surface area contributed by atoms with Gasteiger partial charge in [-0.2, -0.15) is 0 Å². The third-order valence-electron chi connectivity index (χ3n) is 6.40. The topological polar surface area (TPSA) is 85.5 Å². The second-order valence-electron chi connectivity index (χ2n) is 8.96. The third kappa shape index (κ3) is 4.24. The maximum absolute atomic E-state index is 14.0. The molecule has 3 aromatic carbocycles. The van der Waals surface area contributed by atoms with Gasteiger partial charge in [-0.15, -0.1) is 10.2 Å². The van der Waals surface area contributed by atoms with Crippen LogP contribution in [-0.4, -0.2) is 16.1 Å². The highest BCUT2D eigenvalue weighted by atomic mass is 32.1. The van der Waals surface area contributed by atoms with Gasteiger partial charge in [-0.05, 0) is 47.9 Å². The zero-order valence-corrected chi connectivity index (χ0v) is 21.2. The van der Waals surface area contributed by atoms with Crippen LogP contribution in [0.1, 0.15) is 51.6 Å². The van der Waals surface area contributed by atoms with Crippen molar-refractivity contribution in [3.8, 4) is 5.75 Å². The van der Waals surface area contributed by atoms with Gasteiger partial charge in [-0.25, -0.2) is 4.39 Å². The van der Waals surface area contributed by atoms with Crippen LogP contribution in [0.5, 0.6) is 5.75 Å². The minimum atomic E-state index is -0.813. The number of fused-ring (bicyclic) bond motifs is 2. The third-order valence-corrected chi connectivity index (χ3v) is 7.38. The van der Waals surface area contributed by atoms with E-state index in [9.17, 15) is 14.0 Å². The van der Waals surface area contributed by atoms with Crippen LogP contribution in [0, 0.1) is 5.82 Å². The van der Waals surface area contributed by atoms with E-state index in [1.165, 1.54) is 28.4 Å². The Kier molecular flexibility index (Phi) is 6.21. The SMILES string of the molecule is CCCc1nnc(N2C(=O)c3oc4ccc(F)cc4c(=O)c3C2c2ccc(OCc3ccccc3)cc2)s1. The Labute approximate surface area is 221 Å². The second kappa shape index (κ2) is 9.83. The normalized spacial score (nSPS) is 14.7. The number of carbonyl (C=O) groups excluding carboxylic acids is 1. The molecule has 0 radical (unpaired) electrons. The first kappa shape index (κ1) is 24.0. The van der Waals surface area contributed by atoms with E-state index in [0.29, 0.717) is 23.1 Å². The molecule has 6 rings (SSSR count). The van der Waals surface area contributed by atoms with Crippen LogP contribution in [0.25, 0.3) is 11.0 Å². The van der Waals surface area contributed by atoms with Crippen LogP contribution < -0.4 is 15.1 Å². The molecule has 1 aliphatic rings. The van der Waals surface area contributed by atoms with Gasteiger partial charge in [0.2, 0.25) is 10.9 Å². The zero-order chi connectivity index (χ0) is 26.2. The minimum absolute atomic E-state index is 0.0734. The number of halogens is 1. The minimum Gasteiger partial charge on any atom is -0.489 e. The van der Waals surface area contributed by atoms with Gasteiger partial charge in [0, 0.05) is 6.42 Å². The van der Waals surface area contributed by atoms with Gasteiger partial charge in [0.1, 0.15) is 28.8 Å². The second-order valence-corrected chi connectivity index (χ2v) is 10.0. The number of anilines is 1. The Morgan fingerprint density at radius 1 is 1.03 bits per heavy atom. The Morgan fingerprint density at radius 2 is 1.82 bits per heavy atom. The molecule has 3 heterocycles. The van der Waals surface area contributed by atoms with E-state index in [1.807, 2.05) is 49.4 Å². The summed E-state index contributed by atoms with van der Waals surface area (Å²) in [5.41, 5.74) is 1.55. The van der Waals surface area contributed by atoms with Crippen molar-refractivity contribution in [2.24, 2.45) is 0 Å². The monoisotopic (exact) mass is 527 g/mol. The van der Waals surface area contributed by atoms with Crippen molar-refractivity contribution in [1.82, 2.24) is 10.2 Å². The molecule has 0 fully saturated rings. The van der Waals surface area contributed by atoms with E-state index in [-0.39, 0.29) is 22.3 Å². The fraction of sp³-hybridized carbons (Fsp3) is 0.172. The number of aromatic nitrogens is 2. The molecule has 0 spiro atoms. The van der Waals surface area contributed by atoms with E-state index in [1.54, 1.807) is 12.1 Å². The van der Waals surface area contributed by atoms with Crippen molar-refractivity contribution in [1.29, 1.82) is 0 Å². The van der Waals surface area contributed by atoms with Crippen LogP contribution in [0.2, 0.25) is 0 Å². The van der Waals surface area contributed by atoms with Crippen LogP contribution in [0.4, 0.5) is 9.52 Å². The highest BCUT2D eigenvalue weighted by Crippen LogP contribution is 2.42. The smallest absolute Gasteiger partial charge is 0.297 e. The highest BCUT2D eigenvalue weighted by molar-refractivity contribution is 7.15. The zero-order valence-electron chi connectivity index (χ0n) is 20.4.